The van der Waals surface area contributed by atoms with Crippen LogP contribution in [0.5, 0.6) is 11.5 Å². The monoisotopic (exact) mass is 451 g/mol. The minimum absolute atomic E-state index is 0.00216. The molecule has 178 valence electrons. The van der Waals surface area contributed by atoms with E-state index in [-0.39, 0.29) is 36.7 Å². The second-order valence-corrected chi connectivity index (χ2v) is 8.23. The predicted molar refractivity (Wildman–Crippen MR) is 116 cm³/mol. The van der Waals surface area contributed by atoms with E-state index < -0.39 is 29.6 Å². The van der Waals surface area contributed by atoms with Crippen molar-refractivity contribution in [2.75, 3.05) is 7.11 Å². The van der Waals surface area contributed by atoms with Crippen LogP contribution in [0.15, 0.2) is 18.2 Å². The van der Waals surface area contributed by atoms with Crippen molar-refractivity contribution in [2.45, 2.75) is 71.9 Å². The second kappa shape index (κ2) is 12.2. The quantitative estimate of drug-likeness (QED) is 0.398. The zero-order valence-corrected chi connectivity index (χ0v) is 19.6. The van der Waals surface area contributed by atoms with E-state index in [1.54, 1.807) is 13.0 Å². The topological polar surface area (TPSA) is 131 Å². The number of hydrogen-bond acceptors (Lipinski definition) is 9. The molecular formula is C23H33NO8. The molecule has 1 rings (SSSR count). The summed E-state index contributed by atoms with van der Waals surface area (Å²) in [6, 6.07) is 4.50. The highest BCUT2D eigenvalue weighted by atomic mass is 16.6. The molecule has 2 N–H and O–H groups in total. The van der Waals surface area contributed by atoms with Crippen LogP contribution in [0.3, 0.4) is 0 Å². The third-order valence-corrected chi connectivity index (χ3v) is 4.54. The fourth-order valence-corrected chi connectivity index (χ4v) is 3.18. The highest BCUT2D eigenvalue weighted by Gasteiger charge is 2.38. The van der Waals surface area contributed by atoms with E-state index in [4.69, 9.17) is 24.7 Å². The largest absolute Gasteiger partial charge is 0.468 e. The van der Waals surface area contributed by atoms with E-state index in [0.29, 0.717) is 17.9 Å². The van der Waals surface area contributed by atoms with Crippen molar-refractivity contribution in [3.05, 3.63) is 23.8 Å². The Hall–Kier alpha value is -2.94. The summed E-state index contributed by atoms with van der Waals surface area (Å²) in [7, 11) is 1.22. The summed E-state index contributed by atoms with van der Waals surface area (Å²) in [4.78, 5) is 47.3. The normalized spacial score (nSPS) is 13.6. The van der Waals surface area contributed by atoms with Gasteiger partial charge in [0.15, 0.2) is 11.5 Å². The van der Waals surface area contributed by atoms with Crippen molar-refractivity contribution < 1.29 is 38.1 Å². The number of hydrogen-bond donors (Lipinski definition) is 1. The lowest BCUT2D eigenvalue weighted by Gasteiger charge is -2.29. The van der Waals surface area contributed by atoms with Crippen LogP contribution < -0.4 is 15.2 Å². The fraction of sp³-hybridized carbons (Fsp3) is 0.565. The Morgan fingerprint density at radius 1 is 1.00 bits per heavy atom. The van der Waals surface area contributed by atoms with Gasteiger partial charge in [-0.25, -0.2) is 0 Å². The van der Waals surface area contributed by atoms with Gasteiger partial charge in [-0.1, -0.05) is 19.9 Å². The maximum absolute atomic E-state index is 12.5. The first-order valence-corrected chi connectivity index (χ1v) is 10.4. The molecule has 0 fully saturated rings. The fourth-order valence-electron chi connectivity index (χ4n) is 3.18. The number of methoxy groups -OCH3 is 1. The molecule has 1 aromatic carbocycles. The first kappa shape index (κ1) is 27.1. The Morgan fingerprint density at radius 2 is 1.59 bits per heavy atom. The number of carbonyl (C=O) groups excluding carboxylic acids is 4. The van der Waals surface area contributed by atoms with Crippen molar-refractivity contribution >= 4 is 23.9 Å². The molecule has 1 aromatic rings. The lowest BCUT2D eigenvalue weighted by molar-refractivity contribution is -0.155. The lowest BCUT2D eigenvalue weighted by Crippen LogP contribution is -2.53. The van der Waals surface area contributed by atoms with Crippen LogP contribution in [0.25, 0.3) is 0 Å². The number of ether oxygens (including phenoxy) is 4. The standard InChI is InChI=1S/C23H33NO8/c1-14(2)7-10-21(27)30-15(3)12-23(24,22(28)29-6)13-18-8-9-19(31-16(4)25)20(11-18)32-17(5)26/h8-9,11,14-15H,7,10,12-13,24H2,1-6H3/t15-,23?/m0/s1. The predicted octanol–water partition coefficient (Wildman–Crippen LogP) is 2.71. The summed E-state index contributed by atoms with van der Waals surface area (Å²) in [5.41, 5.74) is 5.41. The molecule has 0 aliphatic carbocycles. The molecule has 9 nitrogen and oxygen atoms in total. The molecule has 0 bridgehead atoms. The Labute approximate surface area is 188 Å². The Bertz CT molecular complexity index is 835. The third kappa shape index (κ3) is 9.05. The first-order chi connectivity index (χ1) is 14.9. The van der Waals surface area contributed by atoms with Crippen LogP contribution in [0, 0.1) is 5.92 Å². The molecule has 1 unspecified atom stereocenters. The van der Waals surface area contributed by atoms with Gasteiger partial charge in [0.2, 0.25) is 0 Å². The van der Waals surface area contributed by atoms with Crippen LogP contribution in [-0.2, 0) is 35.1 Å². The molecule has 32 heavy (non-hydrogen) atoms. The van der Waals surface area contributed by atoms with Gasteiger partial charge in [0.05, 0.1) is 7.11 Å². The van der Waals surface area contributed by atoms with Gasteiger partial charge in [0.1, 0.15) is 11.6 Å². The molecule has 0 heterocycles. The molecule has 0 spiro atoms. The van der Waals surface area contributed by atoms with E-state index in [1.807, 2.05) is 13.8 Å². The van der Waals surface area contributed by atoms with Crippen molar-refractivity contribution in [3.63, 3.8) is 0 Å². The molecule has 0 aliphatic rings. The van der Waals surface area contributed by atoms with E-state index in [1.165, 1.54) is 33.1 Å². The summed E-state index contributed by atoms with van der Waals surface area (Å²) in [6.07, 6.45) is 0.363. The molecule has 9 heteroatoms. The Kier molecular flexibility index (Phi) is 10.3. The van der Waals surface area contributed by atoms with Crippen LogP contribution in [0.2, 0.25) is 0 Å². The maximum Gasteiger partial charge on any atom is 0.326 e. The molecule has 0 radical (unpaired) electrons. The SMILES string of the molecule is COC(=O)C(N)(Cc1ccc(OC(C)=O)c(OC(C)=O)c1)C[C@H](C)OC(=O)CCC(C)C. The van der Waals surface area contributed by atoms with Crippen LogP contribution in [0.1, 0.15) is 59.4 Å². The van der Waals surface area contributed by atoms with Gasteiger partial charge in [0.25, 0.3) is 0 Å². The van der Waals surface area contributed by atoms with Crippen LogP contribution in [-0.4, -0.2) is 42.6 Å². The van der Waals surface area contributed by atoms with Crippen molar-refractivity contribution in [1.82, 2.24) is 0 Å². The van der Waals surface area contributed by atoms with Crippen molar-refractivity contribution in [3.8, 4) is 11.5 Å². The summed E-state index contributed by atoms with van der Waals surface area (Å²) < 4.78 is 20.5. The van der Waals surface area contributed by atoms with E-state index in [0.717, 1.165) is 0 Å². The Morgan fingerprint density at radius 3 is 2.12 bits per heavy atom. The minimum Gasteiger partial charge on any atom is -0.468 e. The maximum atomic E-state index is 12.5. The second-order valence-electron chi connectivity index (χ2n) is 8.23. The molecule has 0 aliphatic heterocycles. The first-order valence-electron chi connectivity index (χ1n) is 10.4. The summed E-state index contributed by atoms with van der Waals surface area (Å²) in [5, 5.41) is 0. The zero-order valence-electron chi connectivity index (χ0n) is 19.6. The zero-order chi connectivity index (χ0) is 24.5. The average Bonchev–Trinajstić information content (AvgIpc) is 2.66. The smallest absolute Gasteiger partial charge is 0.326 e. The number of carbonyl (C=O) groups is 4. The molecule has 0 amide bonds. The van der Waals surface area contributed by atoms with Gasteiger partial charge >= 0.3 is 23.9 Å². The van der Waals surface area contributed by atoms with E-state index in [2.05, 4.69) is 0 Å². The molecule has 0 aromatic heterocycles. The van der Waals surface area contributed by atoms with E-state index in [9.17, 15) is 19.2 Å². The Balaban J connectivity index is 3.07. The molecular weight excluding hydrogens is 418 g/mol. The molecule has 0 saturated carbocycles. The lowest BCUT2D eigenvalue weighted by atomic mass is 9.86. The number of benzene rings is 1. The summed E-state index contributed by atoms with van der Waals surface area (Å²) >= 11 is 0. The van der Waals surface area contributed by atoms with Gasteiger partial charge < -0.3 is 24.7 Å². The third-order valence-electron chi connectivity index (χ3n) is 4.54. The van der Waals surface area contributed by atoms with Crippen molar-refractivity contribution in [2.24, 2.45) is 11.7 Å². The minimum atomic E-state index is -1.51. The van der Waals surface area contributed by atoms with Gasteiger partial charge in [-0.2, -0.15) is 0 Å². The number of esters is 4. The highest BCUT2D eigenvalue weighted by Crippen LogP contribution is 2.31. The van der Waals surface area contributed by atoms with Gasteiger partial charge in [0, 0.05) is 33.1 Å². The molecule has 2 atom stereocenters. The highest BCUT2D eigenvalue weighted by molar-refractivity contribution is 5.81. The number of nitrogens with two attached hydrogens (primary N) is 1. The summed E-state index contributed by atoms with van der Waals surface area (Å²) in [5.74, 6) is -1.79. The van der Waals surface area contributed by atoms with Gasteiger partial charge in [-0.05, 0) is 37.0 Å². The van der Waals surface area contributed by atoms with Crippen molar-refractivity contribution in [1.29, 1.82) is 0 Å². The number of rotatable bonds is 11. The van der Waals surface area contributed by atoms with Crippen LogP contribution in [0.4, 0.5) is 0 Å². The van der Waals surface area contributed by atoms with Crippen LogP contribution >= 0.6 is 0 Å². The molecule has 0 saturated heterocycles. The van der Waals surface area contributed by atoms with Gasteiger partial charge in [-0.15, -0.1) is 0 Å². The summed E-state index contributed by atoms with van der Waals surface area (Å²) in [6.45, 7) is 8.11. The van der Waals surface area contributed by atoms with E-state index >= 15 is 0 Å². The average molecular weight is 452 g/mol. The van der Waals surface area contributed by atoms with Gasteiger partial charge in [-0.3, -0.25) is 19.2 Å².